The van der Waals surface area contributed by atoms with E-state index in [4.69, 9.17) is 4.74 Å². The van der Waals surface area contributed by atoms with Crippen molar-refractivity contribution in [1.82, 2.24) is 5.32 Å². The van der Waals surface area contributed by atoms with E-state index in [2.05, 4.69) is 23.5 Å². The van der Waals surface area contributed by atoms with Gasteiger partial charge in [0.1, 0.15) is 5.75 Å². The average molecular weight is 203 g/mol. The summed E-state index contributed by atoms with van der Waals surface area (Å²) in [7, 11) is 1.78. The maximum atomic E-state index is 5.49. The number of methoxy groups -OCH3 is 1. The second-order valence-electron chi connectivity index (χ2n) is 4.60. The summed E-state index contributed by atoms with van der Waals surface area (Å²) in [6.07, 6.45) is 2.55. The molecule has 2 nitrogen and oxygen atoms in total. The zero-order valence-corrected chi connectivity index (χ0v) is 9.12. The molecule has 0 unspecified atom stereocenters. The number of hydrogen-bond donors (Lipinski definition) is 1. The lowest BCUT2D eigenvalue weighted by Gasteiger charge is -2.28. The highest BCUT2D eigenvalue weighted by Gasteiger charge is 2.34. The molecular weight excluding hydrogens is 186 g/mol. The number of hydrogen-bond acceptors (Lipinski definition) is 2. The first-order valence-electron chi connectivity index (χ1n) is 5.76. The van der Waals surface area contributed by atoms with Crippen molar-refractivity contribution in [3.63, 3.8) is 0 Å². The molecule has 2 heteroatoms. The van der Waals surface area contributed by atoms with E-state index in [1.807, 2.05) is 0 Å². The SMILES string of the molecule is COc1cccc2c1[C@@H]1CNC[C@@H]1CC2. The van der Waals surface area contributed by atoms with Crippen LogP contribution in [0.2, 0.25) is 0 Å². The van der Waals surface area contributed by atoms with Crippen molar-refractivity contribution in [2.75, 3.05) is 20.2 Å². The summed E-state index contributed by atoms with van der Waals surface area (Å²) in [5.74, 6) is 2.60. The molecule has 0 saturated carbocycles. The third kappa shape index (κ3) is 1.36. The van der Waals surface area contributed by atoms with E-state index in [1.165, 1.54) is 30.5 Å². The number of nitrogens with one attached hydrogen (secondary N) is 1. The van der Waals surface area contributed by atoms with E-state index >= 15 is 0 Å². The molecular formula is C13H17NO. The van der Waals surface area contributed by atoms with Crippen molar-refractivity contribution >= 4 is 0 Å². The minimum absolute atomic E-state index is 0.685. The van der Waals surface area contributed by atoms with Gasteiger partial charge in [0.05, 0.1) is 7.11 Å². The molecule has 0 amide bonds. The highest BCUT2D eigenvalue weighted by Crippen LogP contribution is 2.42. The molecule has 3 rings (SSSR count). The van der Waals surface area contributed by atoms with Crippen molar-refractivity contribution in [3.05, 3.63) is 29.3 Å². The summed E-state index contributed by atoms with van der Waals surface area (Å²) in [6, 6.07) is 6.46. The monoisotopic (exact) mass is 203 g/mol. The van der Waals surface area contributed by atoms with Gasteiger partial charge in [-0.25, -0.2) is 0 Å². The summed E-state index contributed by atoms with van der Waals surface area (Å²) < 4.78 is 5.49. The van der Waals surface area contributed by atoms with Gasteiger partial charge in [-0.1, -0.05) is 12.1 Å². The molecule has 0 bridgehead atoms. The molecule has 1 aromatic carbocycles. The smallest absolute Gasteiger partial charge is 0.122 e. The number of aryl methyl sites for hydroxylation is 1. The van der Waals surface area contributed by atoms with Crippen LogP contribution >= 0.6 is 0 Å². The summed E-state index contributed by atoms with van der Waals surface area (Å²) in [4.78, 5) is 0. The van der Waals surface area contributed by atoms with Crippen molar-refractivity contribution in [3.8, 4) is 5.75 Å². The fraction of sp³-hybridized carbons (Fsp3) is 0.538. The number of rotatable bonds is 1. The van der Waals surface area contributed by atoms with Gasteiger partial charge in [-0.15, -0.1) is 0 Å². The molecule has 1 aliphatic carbocycles. The molecule has 2 atom stereocenters. The Labute approximate surface area is 90.6 Å². The zero-order valence-electron chi connectivity index (χ0n) is 9.12. The highest BCUT2D eigenvalue weighted by molar-refractivity contribution is 5.45. The summed E-state index contributed by atoms with van der Waals surface area (Å²) in [5, 5.41) is 3.50. The van der Waals surface area contributed by atoms with E-state index in [1.54, 1.807) is 7.11 Å². The first-order chi connectivity index (χ1) is 7.40. The first-order valence-corrected chi connectivity index (χ1v) is 5.76. The minimum atomic E-state index is 0.685. The molecule has 0 aromatic heterocycles. The van der Waals surface area contributed by atoms with Crippen LogP contribution in [-0.2, 0) is 6.42 Å². The predicted octanol–water partition coefficient (Wildman–Crippen LogP) is 1.94. The van der Waals surface area contributed by atoms with Gasteiger partial charge in [-0.05, 0) is 36.9 Å². The second kappa shape index (κ2) is 3.53. The number of fused-ring (bicyclic) bond motifs is 3. The second-order valence-corrected chi connectivity index (χ2v) is 4.60. The zero-order chi connectivity index (χ0) is 10.3. The Kier molecular flexibility index (Phi) is 2.17. The van der Waals surface area contributed by atoms with Gasteiger partial charge in [0.15, 0.2) is 0 Å². The van der Waals surface area contributed by atoms with Crippen molar-refractivity contribution < 1.29 is 4.74 Å². The highest BCUT2D eigenvalue weighted by atomic mass is 16.5. The lowest BCUT2D eigenvalue weighted by atomic mass is 9.76. The average Bonchev–Trinajstić information content (AvgIpc) is 2.76. The Morgan fingerprint density at radius 3 is 3.13 bits per heavy atom. The van der Waals surface area contributed by atoms with Gasteiger partial charge in [0, 0.05) is 18.0 Å². The largest absolute Gasteiger partial charge is 0.496 e. The molecule has 15 heavy (non-hydrogen) atoms. The fourth-order valence-electron chi connectivity index (χ4n) is 3.12. The fourth-order valence-corrected chi connectivity index (χ4v) is 3.12. The van der Waals surface area contributed by atoms with Crippen LogP contribution in [0.5, 0.6) is 5.75 Å². The quantitative estimate of drug-likeness (QED) is 0.753. The van der Waals surface area contributed by atoms with Crippen LogP contribution in [0.15, 0.2) is 18.2 Å². The Morgan fingerprint density at radius 1 is 1.33 bits per heavy atom. The Hall–Kier alpha value is -1.02. The van der Waals surface area contributed by atoms with Crippen molar-refractivity contribution in [1.29, 1.82) is 0 Å². The van der Waals surface area contributed by atoms with Gasteiger partial charge >= 0.3 is 0 Å². The van der Waals surface area contributed by atoms with Crippen LogP contribution in [0.1, 0.15) is 23.5 Å². The molecule has 0 radical (unpaired) electrons. The van der Waals surface area contributed by atoms with Crippen molar-refractivity contribution in [2.45, 2.75) is 18.8 Å². The summed E-state index contributed by atoms with van der Waals surface area (Å²) in [5.41, 5.74) is 2.97. The molecule has 1 fully saturated rings. The Balaban J connectivity index is 2.10. The van der Waals surface area contributed by atoms with Crippen LogP contribution in [-0.4, -0.2) is 20.2 Å². The Bertz CT molecular complexity index is 361. The van der Waals surface area contributed by atoms with Crippen LogP contribution in [0.3, 0.4) is 0 Å². The molecule has 1 N–H and O–H groups in total. The van der Waals surface area contributed by atoms with Crippen molar-refractivity contribution in [2.24, 2.45) is 5.92 Å². The van der Waals surface area contributed by atoms with Gasteiger partial charge in [0.25, 0.3) is 0 Å². The van der Waals surface area contributed by atoms with Gasteiger partial charge in [-0.3, -0.25) is 0 Å². The summed E-state index contributed by atoms with van der Waals surface area (Å²) in [6.45, 7) is 2.31. The van der Waals surface area contributed by atoms with Gasteiger partial charge in [0.2, 0.25) is 0 Å². The third-order valence-electron chi connectivity index (χ3n) is 3.87. The summed E-state index contributed by atoms with van der Waals surface area (Å²) >= 11 is 0. The molecule has 2 aliphatic rings. The standard InChI is InChI=1S/C13H17NO/c1-15-12-4-2-3-9-5-6-10-7-14-8-11(10)13(9)12/h2-4,10-11,14H,5-8H2,1H3/t10-,11+/m0/s1. The van der Waals surface area contributed by atoms with E-state index in [0.29, 0.717) is 5.92 Å². The molecule has 1 aliphatic heterocycles. The number of ether oxygens (including phenoxy) is 1. The molecule has 80 valence electrons. The van der Waals surface area contributed by atoms with Crippen LogP contribution < -0.4 is 10.1 Å². The molecule has 1 heterocycles. The third-order valence-corrected chi connectivity index (χ3v) is 3.87. The topological polar surface area (TPSA) is 21.3 Å². The van der Waals surface area contributed by atoms with Crippen LogP contribution in [0.25, 0.3) is 0 Å². The van der Waals surface area contributed by atoms with E-state index in [-0.39, 0.29) is 0 Å². The van der Waals surface area contributed by atoms with Crippen LogP contribution in [0.4, 0.5) is 0 Å². The first kappa shape index (κ1) is 9.22. The van der Waals surface area contributed by atoms with Gasteiger partial charge < -0.3 is 10.1 Å². The number of benzene rings is 1. The molecule has 1 aromatic rings. The molecule has 1 saturated heterocycles. The lowest BCUT2D eigenvalue weighted by Crippen LogP contribution is -2.19. The van der Waals surface area contributed by atoms with E-state index in [9.17, 15) is 0 Å². The maximum absolute atomic E-state index is 5.49. The van der Waals surface area contributed by atoms with Gasteiger partial charge in [-0.2, -0.15) is 0 Å². The minimum Gasteiger partial charge on any atom is -0.496 e. The predicted molar refractivity (Wildman–Crippen MR) is 60.4 cm³/mol. The van der Waals surface area contributed by atoms with E-state index in [0.717, 1.165) is 18.2 Å². The normalized spacial score (nSPS) is 28.3. The van der Waals surface area contributed by atoms with Crippen LogP contribution in [0, 0.1) is 5.92 Å². The molecule has 0 spiro atoms. The lowest BCUT2D eigenvalue weighted by molar-refractivity contribution is 0.384. The Morgan fingerprint density at radius 2 is 2.27 bits per heavy atom. The maximum Gasteiger partial charge on any atom is 0.122 e. The van der Waals surface area contributed by atoms with E-state index < -0.39 is 0 Å².